The Morgan fingerprint density at radius 3 is 2.58 bits per heavy atom. The highest BCUT2D eigenvalue weighted by Crippen LogP contribution is 2.25. The molecule has 0 aliphatic rings. The Labute approximate surface area is 105 Å². The first-order valence-electron chi connectivity index (χ1n) is 5.16. The molecule has 1 aromatic heterocycles. The molecule has 2 rings (SSSR count). The van der Waals surface area contributed by atoms with Gasteiger partial charge in [0.1, 0.15) is 12.2 Å². The zero-order valence-electron chi connectivity index (χ0n) is 9.49. The lowest BCUT2D eigenvalue weighted by Gasteiger charge is -2.07. The number of halogens is 2. The highest BCUT2D eigenvalue weighted by atomic mass is 19.1. The molecule has 0 atom stereocenters. The van der Waals surface area contributed by atoms with Gasteiger partial charge < -0.3 is 4.57 Å². The Hall–Kier alpha value is -2.73. The van der Waals surface area contributed by atoms with E-state index in [0.29, 0.717) is 5.56 Å². The number of nitroso groups, excluding NO2 is 1. The van der Waals surface area contributed by atoms with Crippen molar-refractivity contribution >= 4 is 5.69 Å². The van der Waals surface area contributed by atoms with E-state index in [0.717, 1.165) is 12.1 Å². The molecule has 19 heavy (non-hydrogen) atoms. The summed E-state index contributed by atoms with van der Waals surface area (Å²) in [6.07, 6.45) is 2.81. The summed E-state index contributed by atoms with van der Waals surface area (Å²) in [5.41, 5.74) is 8.29. The normalized spacial score (nSPS) is 10.0. The molecule has 8 heteroatoms. The largest absolute Gasteiger partial charge is 0.319 e. The van der Waals surface area contributed by atoms with Crippen molar-refractivity contribution < 1.29 is 8.78 Å². The summed E-state index contributed by atoms with van der Waals surface area (Å²) in [4.78, 5) is 12.6. The monoisotopic (exact) mass is 263 g/mol. The van der Waals surface area contributed by atoms with Crippen LogP contribution in [0.5, 0.6) is 0 Å². The lowest BCUT2D eigenvalue weighted by molar-refractivity contribution is 0.570. The van der Waals surface area contributed by atoms with Gasteiger partial charge in [0.15, 0.2) is 11.6 Å². The van der Waals surface area contributed by atoms with Crippen LogP contribution in [-0.4, -0.2) is 4.57 Å². The number of azide groups is 1. The zero-order chi connectivity index (χ0) is 13.8. The van der Waals surface area contributed by atoms with E-state index >= 15 is 0 Å². The molecule has 0 unspecified atom stereocenters. The fourth-order valence-corrected chi connectivity index (χ4v) is 1.66. The molecule has 0 amide bonds. The molecule has 1 heterocycles. The third-order valence-corrected chi connectivity index (χ3v) is 2.42. The lowest BCUT2D eigenvalue weighted by atomic mass is 10.2. The topological polar surface area (TPSA) is 83.1 Å². The fraction of sp³-hybridized carbons (Fsp3) is 0.0909. The van der Waals surface area contributed by atoms with Crippen molar-refractivity contribution in [1.82, 2.24) is 4.57 Å². The van der Waals surface area contributed by atoms with Crippen LogP contribution >= 0.6 is 0 Å². The van der Waals surface area contributed by atoms with Gasteiger partial charge in [0.2, 0.25) is 0 Å². The van der Waals surface area contributed by atoms with Crippen LogP contribution in [0.25, 0.3) is 16.1 Å². The number of hydrogen-bond donors (Lipinski definition) is 0. The van der Waals surface area contributed by atoms with Crippen LogP contribution in [0.1, 0.15) is 5.56 Å². The average molecular weight is 263 g/mol. The van der Waals surface area contributed by atoms with Crippen molar-refractivity contribution in [1.29, 1.82) is 0 Å². The van der Waals surface area contributed by atoms with Crippen molar-refractivity contribution in [3.8, 4) is 5.69 Å². The summed E-state index contributed by atoms with van der Waals surface area (Å²) >= 11 is 0. The number of rotatable bonds is 4. The van der Waals surface area contributed by atoms with E-state index in [1.165, 1.54) is 23.0 Å². The van der Waals surface area contributed by atoms with E-state index in [-0.39, 0.29) is 17.9 Å². The van der Waals surface area contributed by atoms with Crippen LogP contribution < -0.4 is 0 Å². The third kappa shape index (κ3) is 2.58. The van der Waals surface area contributed by atoms with E-state index in [4.69, 9.17) is 5.53 Å². The van der Waals surface area contributed by atoms with Crippen LogP contribution in [0.2, 0.25) is 0 Å². The molecule has 0 spiro atoms. The van der Waals surface area contributed by atoms with Gasteiger partial charge in [0.05, 0.1) is 0 Å². The second-order valence-corrected chi connectivity index (χ2v) is 3.66. The molecule has 96 valence electrons. The molecule has 1 aromatic carbocycles. The van der Waals surface area contributed by atoms with Gasteiger partial charge in [0.25, 0.3) is 0 Å². The molecule has 0 radical (unpaired) electrons. The molecule has 0 aliphatic carbocycles. The second kappa shape index (κ2) is 5.28. The number of aromatic nitrogens is 1. The van der Waals surface area contributed by atoms with Gasteiger partial charge in [-0.3, -0.25) is 0 Å². The van der Waals surface area contributed by atoms with E-state index in [1.54, 1.807) is 0 Å². The summed E-state index contributed by atoms with van der Waals surface area (Å²) in [5, 5.41) is 5.82. The van der Waals surface area contributed by atoms with Gasteiger partial charge in [0, 0.05) is 23.0 Å². The maximum atomic E-state index is 13.8. The van der Waals surface area contributed by atoms with E-state index in [2.05, 4.69) is 15.2 Å². The Morgan fingerprint density at radius 1 is 1.32 bits per heavy atom. The summed E-state index contributed by atoms with van der Waals surface area (Å²) < 4.78 is 28.8. The number of nitrogens with zero attached hydrogens (tertiary/aromatic N) is 5. The van der Waals surface area contributed by atoms with Gasteiger partial charge in [-0.1, -0.05) is 10.3 Å². The summed E-state index contributed by atoms with van der Waals surface area (Å²) in [5.74, 6) is -1.74. The number of benzene rings is 1. The molecule has 0 bridgehead atoms. The molecule has 0 N–H and O–H groups in total. The molecule has 0 fully saturated rings. The molecule has 0 aliphatic heterocycles. The Morgan fingerprint density at radius 2 is 2.00 bits per heavy atom. The van der Waals surface area contributed by atoms with Crippen molar-refractivity contribution in [2.75, 3.05) is 0 Å². The van der Waals surface area contributed by atoms with Crippen LogP contribution in [0.15, 0.2) is 40.9 Å². The summed E-state index contributed by atoms with van der Waals surface area (Å²) in [7, 11) is 0. The first-order valence-corrected chi connectivity index (χ1v) is 5.16. The van der Waals surface area contributed by atoms with Gasteiger partial charge in [-0.15, -0.1) is 0 Å². The summed E-state index contributed by atoms with van der Waals surface area (Å²) in [6, 6.07) is 3.38. The van der Waals surface area contributed by atoms with Crippen LogP contribution in [0.4, 0.5) is 14.5 Å². The maximum Gasteiger partial charge on any atom is 0.150 e. The minimum absolute atomic E-state index is 0.0763. The molecule has 6 nitrogen and oxygen atoms in total. The maximum absolute atomic E-state index is 13.8. The number of hydrogen-bond acceptors (Lipinski definition) is 3. The molecule has 0 saturated heterocycles. The molecule has 2 aromatic rings. The lowest BCUT2D eigenvalue weighted by Crippen LogP contribution is -1.98. The third-order valence-electron chi connectivity index (χ3n) is 2.42. The predicted molar refractivity (Wildman–Crippen MR) is 64.0 cm³/mol. The minimum Gasteiger partial charge on any atom is -0.319 e. The van der Waals surface area contributed by atoms with E-state index in [1.807, 2.05) is 0 Å². The van der Waals surface area contributed by atoms with Crippen molar-refractivity contribution in [2.24, 2.45) is 10.3 Å². The van der Waals surface area contributed by atoms with Crippen LogP contribution in [0.3, 0.4) is 0 Å². The standard InChI is InChI=1S/C11H7F2N5O/c12-9-3-8(16-17-14)4-10(13)11(9)18-2-1-7(6-18)5-15-19/h1-4,6H,5H2. The highest BCUT2D eigenvalue weighted by Gasteiger charge is 2.13. The van der Waals surface area contributed by atoms with E-state index < -0.39 is 11.6 Å². The minimum atomic E-state index is -0.872. The first kappa shape index (κ1) is 12.7. The zero-order valence-corrected chi connectivity index (χ0v) is 9.49. The molecule has 0 saturated carbocycles. The van der Waals surface area contributed by atoms with Gasteiger partial charge in [-0.05, 0) is 29.3 Å². The fourth-order valence-electron chi connectivity index (χ4n) is 1.66. The Balaban J connectivity index is 2.49. The molecular weight excluding hydrogens is 256 g/mol. The Bertz CT molecular complexity index is 652. The quantitative estimate of drug-likeness (QED) is 0.355. The SMILES string of the molecule is [N-]=[N+]=Nc1cc(F)c(-n2ccc(CN=O)c2)c(F)c1. The van der Waals surface area contributed by atoms with Gasteiger partial charge in [-0.2, -0.15) is 4.91 Å². The van der Waals surface area contributed by atoms with Gasteiger partial charge >= 0.3 is 0 Å². The second-order valence-electron chi connectivity index (χ2n) is 3.66. The van der Waals surface area contributed by atoms with Crippen LogP contribution in [-0.2, 0) is 6.54 Å². The van der Waals surface area contributed by atoms with Crippen molar-refractivity contribution in [3.63, 3.8) is 0 Å². The smallest absolute Gasteiger partial charge is 0.150 e. The van der Waals surface area contributed by atoms with Crippen molar-refractivity contribution in [3.05, 3.63) is 63.1 Å². The highest BCUT2D eigenvalue weighted by molar-refractivity contribution is 5.47. The Kier molecular flexibility index (Phi) is 3.53. The van der Waals surface area contributed by atoms with Gasteiger partial charge in [-0.25, -0.2) is 8.78 Å². The first-order chi connectivity index (χ1) is 9.15. The van der Waals surface area contributed by atoms with Crippen molar-refractivity contribution in [2.45, 2.75) is 6.54 Å². The average Bonchev–Trinajstić information content (AvgIpc) is 2.77. The van der Waals surface area contributed by atoms with Crippen LogP contribution in [0, 0.1) is 16.5 Å². The predicted octanol–water partition coefficient (Wildman–Crippen LogP) is 3.96. The van der Waals surface area contributed by atoms with E-state index in [9.17, 15) is 13.7 Å². The summed E-state index contributed by atoms with van der Waals surface area (Å²) in [6.45, 7) is -0.0763. The molecular formula is C11H7F2N5O.